The molecule has 2 heterocycles. The third kappa shape index (κ3) is 1.35. The minimum absolute atomic E-state index is 0.860. The second-order valence-electron chi connectivity index (χ2n) is 2.17. The highest BCUT2D eigenvalue weighted by molar-refractivity contribution is 7.21. The Morgan fingerprint density at radius 1 is 1.50 bits per heavy atom. The van der Waals surface area contributed by atoms with Crippen molar-refractivity contribution in [1.29, 1.82) is 0 Å². The second-order valence-corrected chi connectivity index (χ2v) is 4.11. The lowest BCUT2D eigenvalue weighted by Crippen LogP contribution is -1.73. The Hall–Kier alpha value is -0.870. The number of methoxy groups -OCH3 is 1. The number of rotatable bonds is 2. The summed E-state index contributed by atoms with van der Waals surface area (Å²) in [5, 5.41) is 3.93. The van der Waals surface area contributed by atoms with Crippen LogP contribution in [0.25, 0.3) is 9.88 Å². The maximum atomic E-state index is 5.05. The Balaban J connectivity index is 2.35. The van der Waals surface area contributed by atoms with Crippen LogP contribution < -0.4 is 4.74 Å². The van der Waals surface area contributed by atoms with Gasteiger partial charge < -0.3 is 4.74 Å². The molecule has 0 amide bonds. The van der Waals surface area contributed by atoms with Gasteiger partial charge in [-0.3, -0.25) is 0 Å². The van der Waals surface area contributed by atoms with Crippen LogP contribution in [0.1, 0.15) is 0 Å². The van der Waals surface area contributed by atoms with Gasteiger partial charge in [0, 0.05) is 0 Å². The maximum Gasteiger partial charge on any atom is 0.194 e. The van der Waals surface area contributed by atoms with Gasteiger partial charge in [0.1, 0.15) is 5.01 Å². The van der Waals surface area contributed by atoms with E-state index < -0.39 is 0 Å². The Labute approximate surface area is 78.5 Å². The average molecular weight is 197 g/mol. The van der Waals surface area contributed by atoms with E-state index in [1.165, 1.54) is 4.88 Å². The van der Waals surface area contributed by atoms with Gasteiger partial charge in [-0.25, -0.2) is 4.98 Å². The summed E-state index contributed by atoms with van der Waals surface area (Å²) in [6.07, 6.45) is 1.75. The molecule has 0 spiro atoms. The van der Waals surface area contributed by atoms with E-state index in [-0.39, 0.29) is 0 Å². The third-order valence-corrected chi connectivity index (χ3v) is 3.42. The van der Waals surface area contributed by atoms with Crippen LogP contribution in [-0.2, 0) is 0 Å². The predicted octanol–water partition coefficient (Wildman–Crippen LogP) is 2.88. The van der Waals surface area contributed by atoms with E-state index in [4.69, 9.17) is 4.74 Å². The van der Waals surface area contributed by atoms with Gasteiger partial charge in [0.2, 0.25) is 0 Å². The lowest BCUT2D eigenvalue weighted by molar-refractivity contribution is 0.426. The Morgan fingerprint density at radius 3 is 3.00 bits per heavy atom. The Kier molecular flexibility index (Phi) is 2.10. The molecule has 0 aliphatic carbocycles. The zero-order chi connectivity index (χ0) is 8.39. The van der Waals surface area contributed by atoms with Crippen LogP contribution >= 0.6 is 22.7 Å². The molecule has 0 fully saturated rings. The molecule has 0 atom stereocenters. The molecule has 2 aromatic rings. The molecular weight excluding hydrogens is 190 g/mol. The first-order chi connectivity index (χ1) is 5.90. The molecule has 2 aromatic heterocycles. The highest BCUT2D eigenvalue weighted by atomic mass is 32.1. The molecule has 0 N–H and O–H groups in total. The van der Waals surface area contributed by atoms with E-state index in [2.05, 4.69) is 11.1 Å². The Bertz CT molecular complexity index is 353. The van der Waals surface area contributed by atoms with E-state index >= 15 is 0 Å². The molecule has 0 radical (unpaired) electrons. The van der Waals surface area contributed by atoms with Crippen LogP contribution in [0, 0.1) is 0 Å². The molecular formula is C8H7NOS2. The second kappa shape index (κ2) is 3.25. The van der Waals surface area contributed by atoms with Crippen molar-refractivity contribution in [3.05, 3.63) is 23.7 Å². The van der Waals surface area contributed by atoms with Crippen LogP contribution in [0.4, 0.5) is 0 Å². The minimum atomic E-state index is 0.860. The van der Waals surface area contributed by atoms with Crippen LogP contribution in [-0.4, -0.2) is 12.1 Å². The van der Waals surface area contributed by atoms with Crippen molar-refractivity contribution in [2.45, 2.75) is 0 Å². The SMILES string of the molecule is COc1cnc(-c2cccs2)s1. The van der Waals surface area contributed by atoms with Gasteiger partial charge in [-0.05, 0) is 11.4 Å². The smallest absolute Gasteiger partial charge is 0.194 e. The number of hydrogen-bond acceptors (Lipinski definition) is 4. The van der Waals surface area contributed by atoms with Gasteiger partial charge in [-0.2, -0.15) is 0 Å². The summed E-state index contributed by atoms with van der Waals surface area (Å²) in [6.45, 7) is 0. The van der Waals surface area contributed by atoms with Crippen molar-refractivity contribution in [3.8, 4) is 14.9 Å². The Morgan fingerprint density at radius 2 is 2.42 bits per heavy atom. The van der Waals surface area contributed by atoms with Gasteiger partial charge in [0.05, 0.1) is 18.2 Å². The summed E-state index contributed by atoms with van der Waals surface area (Å²) in [7, 11) is 1.66. The molecule has 2 nitrogen and oxygen atoms in total. The summed E-state index contributed by atoms with van der Waals surface area (Å²) in [5.41, 5.74) is 0. The predicted molar refractivity (Wildman–Crippen MR) is 52.0 cm³/mol. The van der Waals surface area contributed by atoms with Crippen LogP contribution in [0.15, 0.2) is 23.7 Å². The molecule has 0 saturated heterocycles. The normalized spacial score (nSPS) is 10.1. The number of nitrogens with zero attached hydrogens (tertiary/aromatic N) is 1. The lowest BCUT2D eigenvalue weighted by atomic mass is 10.5. The number of thiophene rings is 1. The summed E-state index contributed by atoms with van der Waals surface area (Å²) in [6, 6.07) is 4.08. The van der Waals surface area contributed by atoms with Crippen molar-refractivity contribution in [3.63, 3.8) is 0 Å². The highest BCUT2D eigenvalue weighted by Gasteiger charge is 2.04. The lowest BCUT2D eigenvalue weighted by Gasteiger charge is -1.87. The summed E-state index contributed by atoms with van der Waals surface area (Å²) >= 11 is 3.26. The molecule has 0 aromatic carbocycles. The zero-order valence-electron chi connectivity index (χ0n) is 6.48. The fourth-order valence-corrected chi connectivity index (χ4v) is 2.40. The summed E-state index contributed by atoms with van der Waals surface area (Å²) < 4.78 is 5.05. The van der Waals surface area contributed by atoms with Crippen LogP contribution in [0.3, 0.4) is 0 Å². The van der Waals surface area contributed by atoms with Gasteiger partial charge in [0.25, 0.3) is 0 Å². The van der Waals surface area contributed by atoms with Crippen molar-refractivity contribution in [2.75, 3.05) is 7.11 Å². The molecule has 0 saturated carbocycles. The molecule has 4 heteroatoms. The first kappa shape index (κ1) is 7.76. The van der Waals surface area contributed by atoms with E-state index in [1.807, 2.05) is 11.4 Å². The van der Waals surface area contributed by atoms with Crippen LogP contribution in [0.5, 0.6) is 5.06 Å². The van der Waals surface area contributed by atoms with Crippen molar-refractivity contribution >= 4 is 22.7 Å². The molecule has 62 valence electrons. The molecule has 0 bridgehead atoms. The van der Waals surface area contributed by atoms with E-state index in [0.717, 1.165) is 10.1 Å². The van der Waals surface area contributed by atoms with Crippen molar-refractivity contribution in [2.24, 2.45) is 0 Å². The molecule has 2 rings (SSSR count). The van der Waals surface area contributed by atoms with Gasteiger partial charge in [0.15, 0.2) is 5.06 Å². The number of ether oxygens (including phenoxy) is 1. The highest BCUT2D eigenvalue weighted by Crippen LogP contribution is 2.32. The maximum absolute atomic E-state index is 5.05. The zero-order valence-corrected chi connectivity index (χ0v) is 8.11. The van der Waals surface area contributed by atoms with Gasteiger partial charge in [-0.1, -0.05) is 17.4 Å². The largest absolute Gasteiger partial charge is 0.486 e. The van der Waals surface area contributed by atoms with E-state index in [0.29, 0.717) is 0 Å². The third-order valence-electron chi connectivity index (χ3n) is 1.42. The summed E-state index contributed by atoms with van der Waals surface area (Å²) in [5.74, 6) is 0. The van der Waals surface area contributed by atoms with E-state index in [1.54, 1.807) is 36.0 Å². The van der Waals surface area contributed by atoms with E-state index in [9.17, 15) is 0 Å². The van der Waals surface area contributed by atoms with Crippen molar-refractivity contribution in [1.82, 2.24) is 4.98 Å². The van der Waals surface area contributed by atoms with Crippen molar-refractivity contribution < 1.29 is 4.74 Å². The molecule has 0 aliphatic heterocycles. The van der Waals surface area contributed by atoms with Gasteiger partial charge in [-0.15, -0.1) is 11.3 Å². The monoisotopic (exact) mass is 197 g/mol. The molecule has 0 aliphatic rings. The number of aromatic nitrogens is 1. The topological polar surface area (TPSA) is 22.1 Å². The first-order valence-electron chi connectivity index (χ1n) is 3.44. The summed E-state index contributed by atoms with van der Waals surface area (Å²) in [4.78, 5) is 5.43. The standard InChI is InChI=1S/C8H7NOS2/c1-10-7-5-9-8(12-7)6-3-2-4-11-6/h2-5H,1H3. The van der Waals surface area contributed by atoms with Gasteiger partial charge >= 0.3 is 0 Å². The number of hydrogen-bond donors (Lipinski definition) is 0. The average Bonchev–Trinajstić information content (AvgIpc) is 2.75. The first-order valence-corrected chi connectivity index (χ1v) is 5.13. The minimum Gasteiger partial charge on any atom is -0.486 e. The molecule has 0 unspecified atom stereocenters. The van der Waals surface area contributed by atoms with Crippen LogP contribution in [0.2, 0.25) is 0 Å². The molecule has 12 heavy (non-hydrogen) atoms. The quantitative estimate of drug-likeness (QED) is 0.738. The fraction of sp³-hybridized carbons (Fsp3) is 0.125. The fourth-order valence-electron chi connectivity index (χ4n) is 0.868. The number of thiazole rings is 1.